The molecule has 5 heteroatoms. The van der Waals surface area contributed by atoms with E-state index in [2.05, 4.69) is 4.99 Å². The molecule has 4 nitrogen and oxygen atoms in total. The van der Waals surface area contributed by atoms with Gasteiger partial charge in [-0.1, -0.05) is 0 Å². The fourth-order valence-electron chi connectivity index (χ4n) is 1.65. The van der Waals surface area contributed by atoms with Crippen LogP contribution in [0.1, 0.15) is 0 Å². The predicted octanol–water partition coefficient (Wildman–Crippen LogP) is 1.63. The summed E-state index contributed by atoms with van der Waals surface area (Å²) < 4.78 is 18.7. The van der Waals surface area contributed by atoms with Crippen molar-refractivity contribution in [3.63, 3.8) is 0 Å². The standard InChI is InChI=1S/C11H11FN2O2/c12-10-7-9(1-2-11(10)13-8-15)14-3-5-16-6-4-14/h1-2,7H,3-6H2. The van der Waals surface area contributed by atoms with Gasteiger partial charge in [0.2, 0.25) is 6.08 Å². The molecule has 0 saturated carbocycles. The van der Waals surface area contributed by atoms with Gasteiger partial charge >= 0.3 is 0 Å². The highest BCUT2D eigenvalue weighted by molar-refractivity contribution is 5.57. The van der Waals surface area contributed by atoms with Gasteiger partial charge in [0.25, 0.3) is 0 Å². The molecule has 0 radical (unpaired) electrons. The summed E-state index contributed by atoms with van der Waals surface area (Å²) >= 11 is 0. The lowest BCUT2D eigenvalue weighted by atomic mass is 10.2. The molecule has 0 amide bonds. The Morgan fingerprint density at radius 2 is 2.12 bits per heavy atom. The van der Waals surface area contributed by atoms with Gasteiger partial charge in [-0.15, -0.1) is 0 Å². The third kappa shape index (κ3) is 2.27. The first kappa shape index (κ1) is 10.8. The molecule has 0 unspecified atom stereocenters. The summed E-state index contributed by atoms with van der Waals surface area (Å²) in [4.78, 5) is 15.3. The molecule has 1 heterocycles. The average molecular weight is 222 g/mol. The number of halogens is 1. The molecular formula is C11H11FN2O2. The Balaban J connectivity index is 2.22. The molecule has 1 aromatic rings. The van der Waals surface area contributed by atoms with Crippen molar-refractivity contribution in [3.8, 4) is 0 Å². The number of rotatable bonds is 2. The van der Waals surface area contributed by atoms with E-state index in [0.717, 1.165) is 18.8 Å². The summed E-state index contributed by atoms with van der Waals surface area (Å²) in [6, 6.07) is 4.59. The van der Waals surface area contributed by atoms with Crippen molar-refractivity contribution in [1.29, 1.82) is 0 Å². The molecule has 0 atom stereocenters. The van der Waals surface area contributed by atoms with E-state index in [9.17, 15) is 9.18 Å². The first-order valence-electron chi connectivity index (χ1n) is 5.01. The van der Waals surface area contributed by atoms with E-state index in [1.807, 2.05) is 4.90 Å². The number of nitrogens with zero attached hydrogens (tertiary/aromatic N) is 2. The molecule has 0 spiro atoms. The molecule has 1 aliphatic heterocycles. The van der Waals surface area contributed by atoms with Gasteiger partial charge in [0, 0.05) is 18.8 Å². The Hall–Kier alpha value is -1.71. The highest BCUT2D eigenvalue weighted by atomic mass is 19.1. The molecule has 1 saturated heterocycles. The zero-order chi connectivity index (χ0) is 11.4. The Kier molecular flexibility index (Phi) is 3.29. The molecule has 1 aliphatic rings. The summed E-state index contributed by atoms with van der Waals surface area (Å²) in [5.74, 6) is -0.507. The first-order chi connectivity index (χ1) is 7.81. The lowest BCUT2D eigenvalue weighted by Gasteiger charge is -2.28. The molecule has 84 valence electrons. The average Bonchev–Trinajstić information content (AvgIpc) is 2.33. The quantitative estimate of drug-likeness (QED) is 0.564. The summed E-state index contributed by atoms with van der Waals surface area (Å²) in [6.45, 7) is 2.79. The molecule has 1 fully saturated rings. The molecule has 2 rings (SSSR count). The molecule has 16 heavy (non-hydrogen) atoms. The van der Waals surface area contributed by atoms with Crippen molar-refractivity contribution >= 4 is 17.5 Å². The van der Waals surface area contributed by atoms with Crippen LogP contribution in [0, 0.1) is 5.82 Å². The highest BCUT2D eigenvalue weighted by Gasteiger charge is 2.12. The molecule has 0 bridgehead atoms. The zero-order valence-electron chi connectivity index (χ0n) is 8.65. The van der Waals surface area contributed by atoms with Gasteiger partial charge in [0.15, 0.2) is 5.82 Å². The van der Waals surface area contributed by atoms with E-state index in [-0.39, 0.29) is 5.69 Å². The maximum Gasteiger partial charge on any atom is 0.240 e. The number of aliphatic imine (C=N–C) groups is 1. The van der Waals surface area contributed by atoms with Crippen molar-refractivity contribution in [1.82, 2.24) is 0 Å². The van der Waals surface area contributed by atoms with Crippen LogP contribution in [-0.2, 0) is 9.53 Å². The van der Waals surface area contributed by atoms with Crippen LogP contribution in [0.4, 0.5) is 15.8 Å². The lowest BCUT2D eigenvalue weighted by molar-refractivity contribution is 0.122. The van der Waals surface area contributed by atoms with E-state index < -0.39 is 5.82 Å². The predicted molar refractivity (Wildman–Crippen MR) is 57.2 cm³/mol. The van der Waals surface area contributed by atoms with Gasteiger partial charge in [-0.3, -0.25) is 0 Å². The van der Waals surface area contributed by atoms with Gasteiger partial charge < -0.3 is 9.64 Å². The second kappa shape index (κ2) is 4.88. The third-order valence-corrected chi connectivity index (χ3v) is 2.47. The van der Waals surface area contributed by atoms with E-state index in [1.165, 1.54) is 18.2 Å². The number of benzene rings is 1. The van der Waals surface area contributed by atoms with Crippen LogP contribution in [-0.4, -0.2) is 32.4 Å². The van der Waals surface area contributed by atoms with Crippen LogP contribution in [0.5, 0.6) is 0 Å². The van der Waals surface area contributed by atoms with Crippen molar-refractivity contribution in [2.75, 3.05) is 31.2 Å². The topological polar surface area (TPSA) is 41.9 Å². The maximum atomic E-state index is 13.5. The molecule has 0 N–H and O–H groups in total. The Morgan fingerprint density at radius 3 is 2.75 bits per heavy atom. The van der Waals surface area contributed by atoms with Crippen LogP contribution < -0.4 is 4.90 Å². The fourth-order valence-corrected chi connectivity index (χ4v) is 1.65. The molecular weight excluding hydrogens is 211 g/mol. The van der Waals surface area contributed by atoms with E-state index >= 15 is 0 Å². The number of morpholine rings is 1. The van der Waals surface area contributed by atoms with Gasteiger partial charge in [0.05, 0.1) is 13.2 Å². The van der Waals surface area contributed by atoms with Crippen LogP contribution in [0.25, 0.3) is 0 Å². The number of ether oxygens (including phenoxy) is 1. The highest BCUT2D eigenvalue weighted by Crippen LogP contribution is 2.24. The molecule has 0 aliphatic carbocycles. The largest absolute Gasteiger partial charge is 0.378 e. The Morgan fingerprint density at radius 1 is 1.38 bits per heavy atom. The summed E-state index contributed by atoms with van der Waals surface area (Å²) in [7, 11) is 0. The minimum Gasteiger partial charge on any atom is -0.378 e. The summed E-state index contributed by atoms with van der Waals surface area (Å²) in [5, 5.41) is 0. The van der Waals surface area contributed by atoms with Crippen LogP contribution >= 0.6 is 0 Å². The zero-order valence-corrected chi connectivity index (χ0v) is 8.65. The van der Waals surface area contributed by atoms with Crippen molar-refractivity contribution < 1.29 is 13.9 Å². The first-order valence-corrected chi connectivity index (χ1v) is 5.01. The van der Waals surface area contributed by atoms with Gasteiger partial charge in [0.1, 0.15) is 5.69 Å². The number of isocyanates is 1. The fraction of sp³-hybridized carbons (Fsp3) is 0.364. The van der Waals surface area contributed by atoms with Crippen LogP contribution in [0.2, 0.25) is 0 Å². The minimum atomic E-state index is -0.507. The monoisotopic (exact) mass is 222 g/mol. The van der Waals surface area contributed by atoms with Crippen LogP contribution in [0.15, 0.2) is 23.2 Å². The number of hydrogen-bond acceptors (Lipinski definition) is 4. The second-order valence-corrected chi connectivity index (χ2v) is 3.44. The smallest absolute Gasteiger partial charge is 0.240 e. The molecule has 0 aromatic heterocycles. The van der Waals surface area contributed by atoms with Gasteiger partial charge in [-0.2, -0.15) is 4.99 Å². The van der Waals surface area contributed by atoms with Gasteiger partial charge in [-0.25, -0.2) is 9.18 Å². The van der Waals surface area contributed by atoms with Crippen molar-refractivity contribution in [3.05, 3.63) is 24.0 Å². The lowest BCUT2D eigenvalue weighted by Crippen LogP contribution is -2.36. The van der Waals surface area contributed by atoms with Crippen LogP contribution in [0.3, 0.4) is 0 Å². The van der Waals surface area contributed by atoms with E-state index in [1.54, 1.807) is 6.07 Å². The summed E-state index contributed by atoms with van der Waals surface area (Å²) in [5.41, 5.74) is 0.803. The number of carbonyl (C=O) groups excluding carboxylic acids is 1. The number of anilines is 1. The third-order valence-electron chi connectivity index (χ3n) is 2.47. The van der Waals surface area contributed by atoms with Gasteiger partial charge in [-0.05, 0) is 18.2 Å². The van der Waals surface area contributed by atoms with E-state index in [0.29, 0.717) is 13.2 Å². The normalized spacial score (nSPS) is 15.7. The summed E-state index contributed by atoms with van der Waals surface area (Å²) in [6.07, 6.45) is 1.33. The van der Waals surface area contributed by atoms with Crippen molar-refractivity contribution in [2.45, 2.75) is 0 Å². The SMILES string of the molecule is O=C=Nc1ccc(N2CCOCC2)cc1F. The Labute approximate surface area is 92.3 Å². The van der Waals surface area contributed by atoms with Crippen molar-refractivity contribution in [2.24, 2.45) is 4.99 Å². The minimum absolute atomic E-state index is 0.0204. The number of hydrogen-bond donors (Lipinski definition) is 0. The molecule has 1 aromatic carbocycles. The van der Waals surface area contributed by atoms with E-state index in [4.69, 9.17) is 4.74 Å². The Bertz CT molecular complexity index is 424. The maximum absolute atomic E-state index is 13.5. The second-order valence-electron chi connectivity index (χ2n) is 3.44.